The van der Waals surface area contributed by atoms with Crippen LogP contribution in [0.3, 0.4) is 0 Å². The van der Waals surface area contributed by atoms with Crippen molar-refractivity contribution in [3.05, 3.63) is 35.0 Å². The Morgan fingerprint density at radius 2 is 1.96 bits per heavy atom. The van der Waals surface area contributed by atoms with Gasteiger partial charge in [0.1, 0.15) is 12.4 Å². The van der Waals surface area contributed by atoms with E-state index in [1.54, 1.807) is 39.2 Å². The van der Waals surface area contributed by atoms with Crippen molar-refractivity contribution < 1.29 is 14.6 Å². The van der Waals surface area contributed by atoms with Gasteiger partial charge in [0, 0.05) is 20.6 Å². The highest BCUT2D eigenvalue weighted by Crippen LogP contribution is 2.22. The number of aryl methyl sites for hydroxylation is 1. The lowest BCUT2D eigenvalue weighted by molar-refractivity contribution is 0.112. The molecule has 0 aromatic heterocycles. The van der Waals surface area contributed by atoms with Crippen LogP contribution >= 0.6 is 0 Å². The molecule has 0 fully saturated rings. The molecule has 1 rings (SSSR count). The fourth-order valence-electron chi connectivity index (χ4n) is 2.14. The molecule has 140 valence electrons. The first kappa shape index (κ1) is 20.6. The van der Waals surface area contributed by atoms with Crippen molar-refractivity contribution in [3.8, 4) is 5.75 Å². The zero-order valence-corrected chi connectivity index (χ0v) is 15.7. The molecule has 0 bridgehead atoms. The number of carbonyl (C=O) groups excluding carboxylic acids is 1. The van der Waals surface area contributed by atoms with Gasteiger partial charge in [-0.05, 0) is 48.6 Å². The molecule has 7 heteroatoms. The molecule has 25 heavy (non-hydrogen) atoms. The van der Waals surface area contributed by atoms with Crippen LogP contribution in [0, 0.1) is 12.8 Å². The first-order valence-corrected chi connectivity index (χ1v) is 8.28. The van der Waals surface area contributed by atoms with E-state index in [0.717, 1.165) is 6.42 Å². The highest BCUT2D eigenvalue weighted by atomic mass is 16.6. The highest BCUT2D eigenvalue weighted by molar-refractivity contribution is 5.69. The number of hydrogen-bond acceptors (Lipinski definition) is 6. The van der Waals surface area contributed by atoms with E-state index in [9.17, 15) is 9.90 Å². The third-order valence-electron chi connectivity index (χ3n) is 3.93. The monoisotopic (exact) mass is 350 g/mol. The van der Waals surface area contributed by atoms with Gasteiger partial charge in [-0.1, -0.05) is 13.8 Å². The summed E-state index contributed by atoms with van der Waals surface area (Å²) in [5.74, 6) is 6.55. The van der Waals surface area contributed by atoms with Gasteiger partial charge in [-0.15, -0.1) is 0 Å². The van der Waals surface area contributed by atoms with Crippen molar-refractivity contribution in [1.29, 1.82) is 0 Å². The second kappa shape index (κ2) is 9.17. The van der Waals surface area contributed by atoms with Crippen LogP contribution in [0.15, 0.2) is 23.9 Å². The number of carbonyl (C=O) groups is 1. The van der Waals surface area contributed by atoms with Crippen LogP contribution in [-0.2, 0) is 4.74 Å². The molecule has 1 aromatic carbocycles. The first-order valence-electron chi connectivity index (χ1n) is 8.28. The number of ether oxygens (including phenoxy) is 1. The van der Waals surface area contributed by atoms with Crippen molar-refractivity contribution in [2.75, 3.05) is 27.2 Å². The number of hydrogen-bond donors (Lipinski definition) is 3. The maximum absolute atomic E-state index is 12.1. The Bertz CT molecular complexity index is 627. The molecule has 1 aromatic rings. The van der Waals surface area contributed by atoms with E-state index >= 15 is 0 Å². The van der Waals surface area contributed by atoms with E-state index < -0.39 is 6.09 Å². The van der Waals surface area contributed by atoms with Crippen LogP contribution in [0.5, 0.6) is 5.75 Å². The third kappa shape index (κ3) is 6.19. The van der Waals surface area contributed by atoms with Crippen molar-refractivity contribution in [3.63, 3.8) is 0 Å². The number of nitrogens with two attached hydrogens (primary N) is 2. The van der Waals surface area contributed by atoms with Crippen LogP contribution < -0.4 is 11.6 Å². The Morgan fingerprint density at radius 3 is 2.48 bits per heavy atom. The van der Waals surface area contributed by atoms with E-state index in [-0.39, 0.29) is 12.4 Å². The van der Waals surface area contributed by atoms with Crippen molar-refractivity contribution in [1.82, 2.24) is 9.91 Å². The smallest absolute Gasteiger partial charge is 0.409 e. The largest absolute Gasteiger partial charge is 0.508 e. The summed E-state index contributed by atoms with van der Waals surface area (Å²) >= 11 is 0. The van der Waals surface area contributed by atoms with Gasteiger partial charge in [0.05, 0.1) is 11.4 Å². The molecule has 0 unspecified atom stereocenters. The third-order valence-corrected chi connectivity index (χ3v) is 3.93. The minimum atomic E-state index is -0.422. The predicted octanol–water partition coefficient (Wildman–Crippen LogP) is 2.25. The average Bonchev–Trinajstić information content (AvgIpc) is 2.54. The van der Waals surface area contributed by atoms with Crippen LogP contribution in [0.1, 0.15) is 31.4 Å². The number of phenolic OH excluding ortho intramolecular Hbond substituents is 1. The molecule has 7 nitrogen and oxygen atoms in total. The normalized spacial score (nSPS) is 12.0. The summed E-state index contributed by atoms with van der Waals surface area (Å²) in [6.45, 7) is 6.57. The molecule has 1 amide bonds. The lowest BCUT2D eigenvalue weighted by atomic mass is 10.1. The summed E-state index contributed by atoms with van der Waals surface area (Å²) in [7, 11) is 3.33. The van der Waals surface area contributed by atoms with Gasteiger partial charge >= 0.3 is 6.09 Å². The van der Waals surface area contributed by atoms with E-state index in [4.69, 9.17) is 16.3 Å². The highest BCUT2D eigenvalue weighted by Gasteiger charge is 2.15. The number of rotatable bonds is 7. The Labute approximate surface area is 149 Å². The fourth-order valence-corrected chi connectivity index (χ4v) is 2.14. The van der Waals surface area contributed by atoms with Gasteiger partial charge in [-0.25, -0.2) is 10.6 Å². The average molecular weight is 350 g/mol. The van der Waals surface area contributed by atoms with Crippen LogP contribution in [-0.4, -0.2) is 48.4 Å². The second-order valence-corrected chi connectivity index (χ2v) is 6.63. The van der Waals surface area contributed by atoms with Crippen LogP contribution in [0.2, 0.25) is 0 Å². The lowest BCUT2D eigenvalue weighted by Gasteiger charge is -2.22. The summed E-state index contributed by atoms with van der Waals surface area (Å²) in [5, 5.41) is 11.0. The van der Waals surface area contributed by atoms with E-state index in [0.29, 0.717) is 35.0 Å². The van der Waals surface area contributed by atoms with Crippen molar-refractivity contribution in [2.45, 2.75) is 27.2 Å². The zero-order valence-electron chi connectivity index (χ0n) is 15.7. The molecule has 0 spiro atoms. The van der Waals surface area contributed by atoms with E-state index in [1.807, 2.05) is 0 Å². The Morgan fingerprint density at radius 1 is 1.32 bits per heavy atom. The molecule has 0 heterocycles. The molecule has 0 radical (unpaired) electrons. The van der Waals surface area contributed by atoms with E-state index in [1.165, 1.54) is 9.91 Å². The first-order chi connectivity index (χ1) is 11.6. The van der Waals surface area contributed by atoms with Gasteiger partial charge in [-0.3, -0.25) is 0 Å². The molecular formula is C18H30N4O3. The fraction of sp³-hybridized carbons (Fsp3) is 0.500. The maximum atomic E-state index is 12.1. The zero-order chi connectivity index (χ0) is 19.1. The molecular weight excluding hydrogens is 320 g/mol. The molecule has 5 N–H and O–H groups in total. The molecule has 0 aliphatic heterocycles. The van der Waals surface area contributed by atoms with Gasteiger partial charge in [0.25, 0.3) is 0 Å². The van der Waals surface area contributed by atoms with Crippen molar-refractivity contribution in [2.24, 2.45) is 17.5 Å². The second-order valence-electron chi connectivity index (χ2n) is 6.63. The van der Waals surface area contributed by atoms with Crippen LogP contribution in [0.25, 0.3) is 5.70 Å². The summed E-state index contributed by atoms with van der Waals surface area (Å²) in [6.07, 6.45) is 0.481. The number of likely N-dealkylation sites (N-methyl/N-ethyl adjacent to an activating group) is 1. The van der Waals surface area contributed by atoms with Crippen molar-refractivity contribution >= 4 is 11.8 Å². The number of nitrogens with zero attached hydrogens (tertiary/aromatic N) is 2. The number of benzene rings is 1. The molecule has 0 aliphatic rings. The summed E-state index contributed by atoms with van der Waals surface area (Å²) in [5.41, 5.74) is 8.47. The molecule has 0 aliphatic carbocycles. The molecule has 0 saturated heterocycles. The quantitative estimate of drug-likeness (QED) is 0.514. The Kier molecular flexibility index (Phi) is 7.57. The summed E-state index contributed by atoms with van der Waals surface area (Å²) in [4.78, 5) is 13.6. The topological polar surface area (TPSA) is 105 Å². The Hall–Kier alpha value is -2.41. The Balaban J connectivity index is 2.85. The number of aromatic hydroxyl groups is 1. The van der Waals surface area contributed by atoms with E-state index in [2.05, 4.69) is 13.8 Å². The molecule has 0 saturated carbocycles. The standard InChI is InChI=1S/C18H30N4O3/c1-12(2)8-9-21(4)18(24)25-11-15(22(5)20)17(19)14-6-7-16(23)13(3)10-14/h6-7,10,12,23H,8-9,11,19-20H2,1-5H3/b17-15-. The van der Waals surface area contributed by atoms with Gasteiger partial charge in [-0.2, -0.15) is 0 Å². The lowest BCUT2D eigenvalue weighted by Crippen LogP contribution is -2.34. The molecule has 0 atom stereocenters. The van der Waals surface area contributed by atoms with Crippen LogP contribution in [0.4, 0.5) is 4.79 Å². The minimum absolute atomic E-state index is 0.0381. The minimum Gasteiger partial charge on any atom is -0.508 e. The van der Waals surface area contributed by atoms with Gasteiger partial charge in [0.15, 0.2) is 0 Å². The summed E-state index contributed by atoms with van der Waals surface area (Å²) in [6, 6.07) is 5.01. The summed E-state index contributed by atoms with van der Waals surface area (Å²) < 4.78 is 5.33. The predicted molar refractivity (Wildman–Crippen MR) is 99.3 cm³/mol. The number of phenols is 1. The van der Waals surface area contributed by atoms with Gasteiger partial charge in [0.2, 0.25) is 0 Å². The SMILES string of the molecule is Cc1cc(/C(N)=C(\COC(=O)N(C)CCC(C)C)N(C)N)ccc1O. The van der Waals surface area contributed by atoms with Gasteiger partial charge < -0.3 is 25.5 Å². The number of hydrazine groups is 1. The maximum Gasteiger partial charge on any atom is 0.409 e. The number of amides is 1.